The number of hydrogen-bond acceptors (Lipinski definition) is 3. The van der Waals surface area contributed by atoms with Crippen LogP contribution in [0.3, 0.4) is 0 Å². The highest BCUT2D eigenvalue weighted by atomic mass is 79.9. The van der Waals surface area contributed by atoms with Gasteiger partial charge in [0.25, 0.3) is 0 Å². The van der Waals surface area contributed by atoms with Gasteiger partial charge < -0.3 is 5.73 Å². The van der Waals surface area contributed by atoms with E-state index in [2.05, 4.69) is 20.9 Å². The summed E-state index contributed by atoms with van der Waals surface area (Å²) in [5.41, 5.74) is 5.54. The average Bonchev–Trinajstić information content (AvgIpc) is 2.03. The first kappa shape index (κ1) is 12.4. The summed E-state index contributed by atoms with van der Waals surface area (Å²) in [5, 5.41) is 0.270. The molecule has 0 rings (SSSR count). The molecule has 0 amide bonds. The summed E-state index contributed by atoms with van der Waals surface area (Å²) in [5.74, 6) is -0.0597. The third-order valence-corrected chi connectivity index (χ3v) is 1.72. The molecule has 2 N–H and O–H groups in total. The van der Waals surface area contributed by atoms with Crippen molar-refractivity contribution in [3.63, 3.8) is 0 Å². The highest BCUT2D eigenvalue weighted by Crippen LogP contribution is 2.06. The monoisotopic (exact) mass is 246 g/mol. The molecular formula is C9H15BrN2O. The zero-order valence-electron chi connectivity index (χ0n) is 8.17. The van der Waals surface area contributed by atoms with E-state index in [0.717, 1.165) is 0 Å². The lowest BCUT2D eigenvalue weighted by molar-refractivity contribution is -0.112. The van der Waals surface area contributed by atoms with Gasteiger partial charge >= 0.3 is 0 Å². The number of alkyl halides is 1. The largest absolute Gasteiger partial charge is 0.404 e. The van der Waals surface area contributed by atoms with Crippen molar-refractivity contribution in [3.8, 4) is 0 Å². The fourth-order valence-corrected chi connectivity index (χ4v) is 0.872. The van der Waals surface area contributed by atoms with E-state index in [1.807, 2.05) is 20.8 Å². The smallest absolute Gasteiger partial charge is 0.176 e. The van der Waals surface area contributed by atoms with E-state index in [0.29, 0.717) is 5.57 Å². The van der Waals surface area contributed by atoms with Crippen molar-refractivity contribution < 1.29 is 4.79 Å². The van der Waals surface area contributed by atoms with Crippen LogP contribution < -0.4 is 5.73 Å². The van der Waals surface area contributed by atoms with Gasteiger partial charge in [-0.2, -0.15) is 0 Å². The Balaban J connectivity index is 4.50. The molecule has 0 saturated carbocycles. The van der Waals surface area contributed by atoms with Crippen molar-refractivity contribution >= 4 is 27.9 Å². The molecule has 0 atom stereocenters. The first-order valence-electron chi connectivity index (χ1n) is 3.97. The van der Waals surface area contributed by atoms with Crippen LogP contribution in [0.15, 0.2) is 16.8 Å². The molecule has 0 aliphatic carbocycles. The third-order valence-electron chi connectivity index (χ3n) is 1.21. The Hall–Kier alpha value is -0.640. The van der Waals surface area contributed by atoms with E-state index in [-0.39, 0.29) is 16.7 Å². The molecule has 0 unspecified atom stereocenters. The summed E-state index contributed by atoms with van der Waals surface area (Å²) in [6.07, 6.45) is 2.79. The molecule has 13 heavy (non-hydrogen) atoms. The Morgan fingerprint density at radius 1 is 1.54 bits per heavy atom. The summed E-state index contributed by atoms with van der Waals surface area (Å²) in [6.45, 7) is 5.86. The number of aliphatic imine (C=N–C) groups is 1. The lowest BCUT2D eigenvalue weighted by Crippen LogP contribution is -2.13. The Kier molecular flexibility index (Phi) is 4.91. The van der Waals surface area contributed by atoms with Crippen LogP contribution in [0.25, 0.3) is 0 Å². The topological polar surface area (TPSA) is 55.4 Å². The van der Waals surface area contributed by atoms with Crippen molar-refractivity contribution in [3.05, 3.63) is 11.8 Å². The maximum absolute atomic E-state index is 11.2. The van der Waals surface area contributed by atoms with E-state index in [1.165, 1.54) is 12.4 Å². The van der Waals surface area contributed by atoms with Crippen LogP contribution in [0.4, 0.5) is 0 Å². The SMILES string of the molecule is CC(C)(C)N=CC(=CN)C(=O)CBr. The molecule has 0 spiro atoms. The van der Waals surface area contributed by atoms with Gasteiger partial charge in [0, 0.05) is 12.4 Å². The molecule has 0 radical (unpaired) electrons. The predicted octanol–water partition coefficient (Wildman–Crippen LogP) is 1.66. The average molecular weight is 247 g/mol. The normalized spacial score (nSPS) is 13.7. The number of allylic oxidation sites excluding steroid dienone is 1. The Morgan fingerprint density at radius 3 is 2.38 bits per heavy atom. The lowest BCUT2D eigenvalue weighted by Gasteiger charge is -2.10. The lowest BCUT2D eigenvalue weighted by atomic mass is 10.1. The van der Waals surface area contributed by atoms with E-state index < -0.39 is 0 Å². The standard InChI is InChI=1S/C9H15BrN2O/c1-9(2,3)12-6-7(5-11)8(13)4-10/h5-6H,4,11H2,1-3H3. The summed E-state index contributed by atoms with van der Waals surface area (Å²) in [4.78, 5) is 15.4. The molecule has 0 heterocycles. The van der Waals surface area contributed by atoms with Gasteiger partial charge in [0.05, 0.1) is 16.4 Å². The van der Waals surface area contributed by atoms with E-state index in [4.69, 9.17) is 5.73 Å². The van der Waals surface area contributed by atoms with Gasteiger partial charge in [0.1, 0.15) is 0 Å². The number of ketones is 1. The number of hydrogen-bond donors (Lipinski definition) is 1. The molecule has 74 valence electrons. The maximum atomic E-state index is 11.2. The number of nitrogens with zero attached hydrogens (tertiary/aromatic N) is 1. The van der Waals surface area contributed by atoms with Crippen LogP contribution in [-0.4, -0.2) is 22.9 Å². The van der Waals surface area contributed by atoms with E-state index in [9.17, 15) is 4.79 Å². The fourth-order valence-electron chi connectivity index (χ4n) is 0.548. The molecular weight excluding hydrogens is 232 g/mol. The third kappa shape index (κ3) is 5.58. The van der Waals surface area contributed by atoms with Crippen molar-refractivity contribution in [1.29, 1.82) is 0 Å². The second-order valence-corrected chi connectivity index (χ2v) is 4.17. The molecule has 0 aromatic heterocycles. The van der Waals surface area contributed by atoms with Crippen molar-refractivity contribution in [2.24, 2.45) is 10.7 Å². The van der Waals surface area contributed by atoms with Gasteiger partial charge in [-0.05, 0) is 20.8 Å². The van der Waals surface area contributed by atoms with Crippen molar-refractivity contribution in [1.82, 2.24) is 0 Å². The number of carbonyl (C=O) groups excluding carboxylic acids is 1. The molecule has 0 aromatic rings. The van der Waals surface area contributed by atoms with Crippen molar-refractivity contribution in [2.45, 2.75) is 26.3 Å². The number of Topliss-reactive ketones (excluding diaryl/α,β-unsaturated/α-hetero) is 1. The minimum absolute atomic E-state index is 0.0597. The minimum atomic E-state index is -0.180. The highest BCUT2D eigenvalue weighted by molar-refractivity contribution is 9.09. The summed E-state index contributed by atoms with van der Waals surface area (Å²) in [6, 6.07) is 0. The second-order valence-electron chi connectivity index (χ2n) is 3.61. The summed E-state index contributed by atoms with van der Waals surface area (Å²) < 4.78 is 0. The van der Waals surface area contributed by atoms with E-state index >= 15 is 0 Å². The molecule has 3 nitrogen and oxygen atoms in total. The van der Waals surface area contributed by atoms with Crippen molar-refractivity contribution in [2.75, 3.05) is 5.33 Å². The molecule has 0 saturated heterocycles. The molecule has 0 fully saturated rings. The van der Waals surface area contributed by atoms with Gasteiger partial charge in [-0.1, -0.05) is 15.9 Å². The molecule has 0 aromatic carbocycles. The zero-order chi connectivity index (χ0) is 10.5. The first-order chi connectivity index (χ1) is 5.90. The maximum Gasteiger partial charge on any atom is 0.176 e. The first-order valence-corrected chi connectivity index (χ1v) is 5.09. The van der Waals surface area contributed by atoms with Gasteiger partial charge in [-0.15, -0.1) is 0 Å². The van der Waals surface area contributed by atoms with E-state index in [1.54, 1.807) is 0 Å². The van der Waals surface area contributed by atoms with Crippen LogP contribution in [0.5, 0.6) is 0 Å². The summed E-state index contributed by atoms with van der Waals surface area (Å²) in [7, 11) is 0. The van der Waals surface area contributed by atoms with Gasteiger partial charge in [0.2, 0.25) is 0 Å². The van der Waals surface area contributed by atoms with Crippen LogP contribution in [-0.2, 0) is 4.79 Å². The van der Waals surface area contributed by atoms with Gasteiger partial charge in [-0.25, -0.2) is 0 Å². The minimum Gasteiger partial charge on any atom is -0.404 e. The highest BCUT2D eigenvalue weighted by Gasteiger charge is 2.08. The zero-order valence-corrected chi connectivity index (χ0v) is 9.76. The van der Waals surface area contributed by atoms with Gasteiger partial charge in [0.15, 0.2) is 5.78 Å². The quantitative estimate of drug-likeness (QED) is 0.468. The van der Waals surface area contributed by atoms with Crippen LogP contribution in [0.1, 0.15) is 20.8 Å². The molecule has 4 heteroatoms. The van der Waals surface area contributed by atoms with Crippen LogP contribution in [0, 0.1) is 0 Å². The number of rotatable bonds is 3. The Labute approximate surface area is 87.2 Å². The number of carbonyl (C=O) groups is 1. The predicted molar refractivity (Wildman–Crippen MR) is 59.3 cm³/mol. The number of halogens is 1. The second kappa shape index (κ2) is 5.17. The Morgan fingerprint density at radius 2 is 2.08 bits per heavy atom. The van der Waals surface area contributed by atoms with Gasteiger partial charge in [-0.3, -0.25) is 9.79 Å². The molecule has 0 aliphatic rings. The molecule has 0 aliphatic heterocycles. The fraction of sp³-hybridized carbons (Fsp3) is 0.556. The summed E-state index contributed by atoms with van der Waals surface area (Å²) >= 11 is 3.07. The molecule has 0 bridgehead atoms. The van der Waals surface area contributed by atoms with Crippen LogP contribution >= 0.6 is 15.9 Å². The van der Waals surface area contributed by atoms with Crippen LogP contribution in [0.2, 0.25) is 0 Å². The Bertz CT molecular complexity index is 238. The number of nitrogens with two attached hydrogens (primary N) is 1.